The molecule has 0 spiro atoms. The zero-order chi connectivity index (χ0) is 13.5. The quantitative estimate of drug-likeness (QED) is 0.784. The van der Waals surface area contributed by atoms with Gasteiger partial charge >= 0.3 is 0 Å². The molecule has 0 radical (unpaired) electrons. The van der Waals surface area contributed by atoms with Crippen molar-refractivity contribution in [2.75, 3.05) is 37.4 Å². The highest BCUT2D eigenvalue weighted by Gasteiger charge is 2.11. The summed E-state index contributed by atoms with van der Waals surface area (Å²) < 4.78 is 5.08. The van der Waals surface area contributed by atoms with E-state index in [1.807, 2.05) is 4.90 Å². The van der Waals surface area contributed by atoms with Crippen LogP contribution in [0.4, 0.5) is 11.9 Å². The van der Waals surface area contributed by atoms with Crippen LogP contribution in [0.5, 0.6) is 0 Å². The molecular formula is C12H23N5O. The number of aromatic nitrogens is 3. The van der Waals surface area contributed by atoms with Gasteiger partial charge in [0.15, 0.2) is 0 Å². The average molecular weight is 253 g/mol. The number of likely N-dealkylation sites (N-methyl/N-ethyl adjacent to an activating group) is 1. The lowest BCUT2D eigenvalue weighted by Gasteiger charge is -2.20. The Kier molecular flexibility index (Phi) is 5.77. The van der Waals surface area contributed by atoms with Crippen LogP contribution in [0, 0.1) is 5.92 Å². The van der Waals surface area contributed by atoms with E-state index in [1.165, 1.54) is 0 Å². The van der Waals surface area contributed by atoms with Gasteiger partial charge in [-0.15, -0.1) is 0 Å². The maximum Gasteiger partial charge on any atom is 0.230 e. The molecule has 0 atom stereocenters. The molecule has 0 amide bonds. The maximum atomic E-state index is 5.74. The maximum absolute atomic E-state index is 5.74. The Bertz CT molecular complexity index is 369. The molecule has 102 valence electrons. The number of methoxy groups -OCH3 is 1. The van der Waals surface area contributed by atoms with Gasteiger partial charge in [-0.1, -0.05) is 13.8 Å². The standard InChI is InChI=1S/C12H23N5O/c1-5-17(6-7-18-4)12-15-10(8-9(2)3)14-11(13)16-12/h9H,5-8H2,1-4H3,(H2,13,14,15,16). The molecule has 1 aromatic heterocycles. The molecule has 0 fully saturated rings. The van der Waals surface area contributed by atoms with Crippen molar-refractivity contribution in [3.8, 4) is 0 Å². The van der Waals surface area contributed by atoms with Gasteiger partial charge in [-0.25, -0.2) is 0 Å². The Morgan fingerprint density at radius 1 is 1.28 bits per heavy atom. The molecular weight excluding hydrogens is 230 g/mol. The van der Waals surface area contributed by atoms with E-state index in [0.29, 0.717) is 18.5 Å². The van der Waals surface area contributed by atoms with Gasteiger partial charge in [0, 0.05) is 26.6 Å². The first-order valence-electron chi connectivity index (χ1n) is 6.31. The lowest BCUT2D eigenvalue weighted by atomic mass is 10.1. The lowest BCUT2D eigenvalue weighted by Crippen LogP contribution is -2.29. The Labute approximate surface area is 109 Å². The number of ether oxygens (including phenoxy) is 1. The zero-order valence-corrected chi connectivity index (χ0v) is 11.7. The van der Waals surface area contributed by atoms with Crippen LogP contribution in [-0.2, 0) is 11.2 Å². The third kappa shape index (κ3) is 4.44. The number of nitrogens with zero attached hydrogens (tertiary/aromatic N) is 4. The topological polar surface area (TPSA) is 77.2 Å². The molecule has 0 bridgehead atoms. The van der Waals surface area contributed by atoms with Crippen molar-refractivity contribution in [1.29, 1.82) is 0 Å². The summed E-state index contributed by atoms with van der Waals surface area (Å²) in [6.45, 7) is 8.51. The van der Waals surface area contributed by atoms with E-state index in [9.17, 15) is 0 Å². The van der Waals surface area contributed by atoms with Crippen LogP contribution in [0.3, 0.4) is 0 Å². The van der Waals surface area contributed by atoms with Gasteiger partial charge in [0.2, 0.25) is 11.9 Å². The predicted molar refractivity (Wildman–Crippen MR) is 72.5 cm³/mol. The van der Waals surface area contributed by atoms with Crippen molar-refractivity contribution in [1.82, 2.24) is 15.0 Å². The van der Waals surface area contributed by atoms with Gasteiger partial charge in [-0.2, -0.15) is 15.0 Å². The van der Waals surface area contributed by atoms with E-state index in [4.69, 9.17) is 10.5 Å². The molecule has 1 aromatic rings. The van der Waals surface area contributed by atoms with Crippen molar-refractivity contribution < 1.29 is 4.74 Å². The normalized spacial score (nSPS) is 10.9. The molecule has 0 aliphatic carbocycles. The van der Waals surface area contributed by atoms with Crippen molar-refractivity contribution >= 4 is 11.9 Å². The van der Waals surface area contributed by atoms with Crippen LogP contribution in [0.1, 0.15) is 26.6 Å². The Balaban J connectivity index is 2.88. The number of hydrogen-bond acceptors (Lipinski definition) is 6. The van der Waals surface area contributed by atoms with Gasteiger partial charge in [0.1, 0.15) is 5.82 Å². The predicted octanol–water partition coefficient (Wildman–Crippen LogP) is 1.12. The Hall–Kier alpha value is -1.43. The first-order chi connectivity index (χ1) is 8.56. The van der Waals surface area contributed by atoms with Crippen LogP contribution in [-0.4, -0.2) is 41.8 Å². The summed E-state index contributed by atoms with van der Waals surface area (Å²) in [5, 5.41) is 0. The molecule has 6 heteroatoms. The molecule has 6 nitrogen and oxygen atoms in total. The Morgan fingerprint density at radius 2 is 2.00 bits per heavy atom. The fraction of sp³-hybridized carbons (Fsp3) is 0.750. The minimum atomic E-state index is 0.284. The minimum absolute atomic E-state index is 0.284. The molecule has 0 aromatic carbocycles. The third-order valence-corrected chi connectivity index (χ3v) is 2.51. The molecule has 0 aliphatic rings. The van der Waals surface area contributed by atoms with Gasteiger partial charge < -0.3 is 15.4 Å². The molecule has 1 heterocycles. The van der Waals surface area contributed by atoms with Gasteiger partial charge in [-0.3, -0.25) is 0 Å². The van der Waals surface area contributed by atoms with Gasteiger partial charge in [0.25, 0.3) is 0 Å². The molecule has 0 unspecified atom stereocenters. The third-order valence-electron chi connectivity index (χ3n) is 2.51. The number of anilines is 2. The zero-order valence-electron chi connectivity index (χ0n) is 11.7. The molecule has 0 saturated heterocycles. The summed E-state index contributed by atoms with van der Waals surface area (Å²) in [5.74, 6) is 2.17. The Morgan fingerprint density at radius 3 is 2.56 bits per heavy atom. The summed E-state index contributed by atoms with van der Waals surface area (Å²) in [6, 6.07) is 0. The van der Waals surface area contributed by atoms with Gasteiger partial charge in [0.05, 0.1) is 6.61 Å². The SMILES string of the molecule is CCN(CCOC)c1nc(N)nc(CC(C)C)n1. The van der Waals surface area contributed by atoms with Crippen LogP contribution in [0.15, 0.2) is 0 Å². The van der Waals surface area contributed by atoms with Gasteiger partial charge in [-0.05, 0) is 12.8 Å². The second-order valence-electron chi connectivity index (χ2n) is 4.58. The van der Waals surface area contributed by atoms with E-state index >= 15 is 0 Å². The highest BCUT2D eigenvalue weighted by Crippen LogP contribution is 2.11. The number of nitrogens with two attached hydrogens (primary N) is 1. The summed E-state index contributed by atoms with van der Waals surface area (Å²) in [5.41, 5.74) is 5.74. The van der Waals surface area contributed by atoms with Crippen LogP contribution >= 0.6 is 0 Å². The first-order valence-corrected chi connectivity index (χ1v) is 6.31. The van der Waals surface area contributed by atoms with E-state index in [2.05, 4.69) is 35.7 Å². The smallest absolute Gasteiger partial charge is 0.230 e. The number of hydrogen-bond donors (Lipinski definition) is 1. The minimum Gasteiger partial charge on any atom is -0.383 e. The molecule has 0 saturated carbocycles. The summed E-state index contributed by atoms with van der Waals surface area (Å²) >= 11 is 0. The number of nitrogen functional groups attached to an aromatic ring is 1. The van der Waals surface area contributed by atoms with Crippen LogP contribution < -0.4 is 10.6 Å². The van der Waals surface area contributed by atoms with Crippen molar-refractivity contribution in [3.63, 3.8) is 0 Å². The summed E-state index contributed by atoms with van der Waals surface area (Å²) in [6.07, 6.45) is 0.807. The summed E-state index contributed by atoms with van der Waals surface area (Å²) in [7, 11) is 1.68. The second kappa shape index (κ2) is 7.10. The monoisotopic (exact) mass is 253 g/mol. The number of rotatable bonds is 7. The fourth-order valence-corrected chi connectivity index (χ4v) is 1.62. The highest BCUT2D eigenvalue weighted by molar-refractivity contribution is 5.34. The molecule has 18 heavy (non-hydrogen) atoms. The average Bonchev–Trinajstić information content (AvgIpc) is 2.28. The van der Waals surface area contributed by atoms with Crippen molar-refractivity contribution in [2.24, 2.45) is 5.92 Å². The van der Waals surface area contributed by atoms with Crippen LogP contribution in [0.25, 0.3) is 0 Å². The second-order valence-corrected chi connectivity index (χ2v) is 4.58. The molecule has 0 aliphatic heterocycles. The van der Waals surface area contributed by atoms with E-state index in [-0.39, 0.29) is 5.95 Å². The molecule has 1 rings (SSSR count). The molecule has 2 N–H and O–H groups in total. The lowest BCUT2D eigenvalue weighted by molar-refractivity contribution is 0.205. The first kappa shape index (κ1) is 14.6. The summed E-state index contributed by atoms with van der Waals surface area (Å²) in [4.78, 5) is 14.9. The van der Waals surface area contributed by atoms with Crippen LogP contribution in [0.2, 0.25) is 0 Å². The largest absolute Gasteiger partial charge is 0.383 e. The fourth-order valence-electron chi connectivity index (χ4n) is 1.62. The van der Waals surface area contributed by atoms with E-state index in [0.717, 1.165) is 25.3 Å². The van der Waals surface area contributed by atoms with Crippen molar-refractivity contribution in [3.05, 3.63) is 5.82 Å². The van der Waals surface area contributed by atoms with Crippen molar-refractivity contribution in [2.45, 2.75) is 27.2 Å². The highest BCUT2D eigenvalue weighted by atomic mass is 16.5. The van der Waals surface area contributed by atoms with E-state index < -0.39 is 0 Å². The van der Waals surface area contributed by atoms with E-state index in [1.54, 1.807) is 7.11 Å².